The predicted molar refractivity (Wildman–Crippen MR) is 82.4 cm³/mol. The molecule has 0 heterocycles. The third-order valence-corrected chi connectivity index (χ3v) is 3.67. The van der Waals surface area contributed by atoms with Gasteiger partial charge in [0.2, 0.25) is 5.91 Å². The summed E-state index contributed by atoms with van der Waals surface area (Å²) in [7, 11) is 0. The van der Waals surface area contributed by atoms with Crippen molar-refractivity contribution in [2.75, 3.05) is 0 Å². The van der Waals surface area contributed by atoms with Crippen LogP contribution in [0, 0.1) is 10.1 Å². The quantitative estimate of drug-likeness (QED) is 0.664. The topological polar surface area (TPSA) is 95.5 Å². The Bertz CT molecular complexity index is 750. The fraction of sp³-hybridized carbons (Fsp3) is 0.0714. The molecule has 0 aliphatic rings. The first-order valence-corrected chi connectivity index (χ1v) is 6.79. The van der Waals surface area contributed by atoms with E-state index in [-0.39, 0.29) is 28.4 Å². The average Bonchev–Trinajstić information content (AvgIpc) is 2.48. The molecule has 114 valence electrons. The maximum absolute atomic E-state index is 11.1. The molecule has 0 saturated carbocycles. The van der Waals surface area contributed by atoms with Gasteiger partial charge >= 0.3 is 0 Å². The summed E-state index contributed by atoms with van der Waals surface area (Å²) in [6.45, 7) is -0.102. The van der Waals surface area contributed by atoms with Crippen molar-refractivity contribution in [1.29, 1.82) is 0 Å². The molecule has 0 saturated heterocycles. The van der Waals surface area contributed by atoms with Gasteiger partial charge in [0, 0.05) is 11.6 Å². The summed E-state index contributed by atoms with van der Waals surface area (Å²) < 4.78 is 5.46. The zero-order valence-corrected chi connectivity index (χ0v) is 12.6. The first-order chi connectivity index (χ1) is 10.4. The number of benzene rings is 2. The number of nitro benzene ring substituents is 1. The minimum Gasteiger partial charge on any atom is -0.487 e. The summed E-state index contributed by atoms with van der Waals surface area (Å²) in [5, 5.41) is 11.6. The zero-order valence-electron chi connectivity index (χ0n) is 11.1. The van der Waals surface area contributed by atoms with Crippen molar-refractivity contribution in [2.24, 2.45) is 5.73 Å². The molecule has 1 amide bonds. The van der Waals surface area contributed by atoms with Crippen LogP contribution >= 0.6 is 23.2 Å². The van der Waals surface area contributed by atoms with Crippen molar-refractivity contribution < 1.29 is 14.5 Å². The molecule has 0 aliphatic heterocycles. The fourth-order valence-electron chi connectivity index (χ4n) is 1.76. The van der Waals surface area contributed by atoms with Crippen LogP contribution in [0.15, 0.2) is 36.4 Å². The fourth-order valence-corrected chi connectivity index (χ4v) is 2.11. The smallest absolute Gasteiger partial charge is 0.276 e. The number of carbonyl (C=O) groups excluding carboxylic acids is 1. The molecule has 2 aromatic rings. The molecule has 0 unspecified atom stereocenters. The largest absolute Gasteiger partial charge is 0.487 e. The van der Waals surface area contributed by atoms with E-state index in [0.29, 0.717) is 10.8 Å². The number of amides is 1. The lowest BCUT2D eigenvalue weighted by Gasteiger charge is -2.09. The number of ether oxygens (including phenoxy) is 1. The second-order valence-electron chi connectivity index (χ2n) is 4.31. The van der Waals surface area contributed by atoms with Crippen molar-refractivity contribution in [1.82, 2.24) is 0 Å². The van der Waals surface area contributed by atoms with Gasteiger partial charge in [-0.25, -0.2) is 0 Å². The Morgan fingerprint density at radius 1 is 1.27 bits per heavy atom. The molecule has 0 fully saturated rings. The van der Waals surface area contributed by atoms with Crippen LogP contribution in [0.5, 0.6) is 5.75 Å². The highest BCUT2D eigenvalue weighted by atomic mass is 35.5. The predicted octanol–water partition coefficient (Wildman–Crippen LogP) is 3.58. The minimum absolute atomic E-state index is 0.0521. The summed E-state index contributed by atoms with van der Waals surface area (Å²) in [6, 6.07) is 8.76. The highest BCUT2D eigenvalue weighted by Gasteiger charge is 2.17. The van der Waals surface area contributed by atoms with E-state index in [9.17, 15) is 14.9 Å². The molecule has 0 atom stereocenters. The molecule has 0 bridgehead atoms. The van der Waals surface area contributed by atoms with E-state index in [0.717, 1.165) is 6.07 Å². The Kier molecular flexibility index (Phi) is 4.85. The number of nitro groups is 1. The van der Waals surface area contributed by atoms with Gasteiger partial charge in [-0.2, -0.15) is 0 Å². The second-order valence-corrected chi connectivity index (χ2v) is 5.09. The Morgan fingerprint density at radius 2 is 2.00 bits per heavy atom. The lowest BCUT2D eigenvalue weighted by atomic mass is 10.1. The monoisotopic (exact) mass is 340 g/mol. The second kappa shape index (κ2) is 6.64. The van der Waals surface area contributed by atoms with Gasteiger partial charge in [0.05, 0.1) is 15.5 Å². The van der Waals surface area contributed by atoms with Gasteiger partial charge in [0.1, 0.15) is 17.4 Å². The van der Waals surface area contributed by atoms with Gasteiger partial charge < -0.3 is 10.5 Å². The van der Waals surface area contributed by atoms with E-state index in [1.54, 1.807) is 18.2 Å². The van der Waals surface area contributed by atoms with Crippen LogP contribution in [0.1, 0.15) is 15.9 Å². The molecular formula is C14H10Cl2N2O4. The molecule has 8 heteroatoms. The van der Waals surface area contributed by atoms with Crippen molar-refractivity contribution >= 4 is 34.8 Å². The van der Waals surface area contributed by atoms with E-state index in [4.69, 9.17) is 33.7 Å². The number of carbonyl (C=O) groups is 1. The first kappa shape index (κ1) is 16.1. The van der Waals surface area contributed by atoms with Gasteiger partial charge in [-0.3, -0.25) is 14.9 Å². The summed E-state index contributed by atoms with van der Waals surface area (Å²) in [4.78, 5) is 21.6. The highest BCUT2D eigenvalue weighted by molar-refractivity contribution is 6.42. The van der Waals surface area contributed by atoms with E-state index in [1.807, 2.05) is 0 Å². The summed E-state index contributed by atoms with van der Waals surface area (Å²) in [5.74, 6) is -0.434. The van der Waals surface area contributed by atoms with E-state index in [2.05, 4.69) is 0 Å². The van der Waals surface area contributed by atoms with Crippen LogP contribution in [-0.4, -0.2) is 10.8 Å². The third-order valence-electron chi connectivity index (χ3n) is 2.87. The molecule has 2 aromatic carbocycles. The van der Waals surface area contributed by atoms with E-state index < -0.39 is 10.8 Å². The maximum Gasteiger partial charge on any atom is 0.276 e. The molecule has 22 heavy (non-hydrogen) atoms. The number of hydrogen-bond acceptors (Lipinski definition) is 4. The Balaban J connectivity index is 2.27. The normalized spacial score (nSPS) is 10.3. The van der Waals surface area contributed by atoms with Crippen LogP contribution in [0.25, 0.3) is 0 Å². The SMILES string of the molecule is NC(=O)c1ccc(COc2cccc(Cl)c2Cl)c([N+](=O)[O-])c1. The standard InChI is InChI=1S/C14H10Cl2N2O4/c15-10-2-1-3-12(13(10)16)22-7-9-5-4-8(14(17)19)6-11(9)18(20)21/h1-6H,7H2,(H2,17,19). The first-order valence-electron chi connectivity index (χ1n) is 6.04. The van der Waals surface area contributed by atoms with Crippen LogP contribution in [0.3, 0.4) is 0 Å². The molecular weight excluding hydrogens is 331 g/mol. The Hall–Kier alpha value is -2.31. The van der Waals surface area contributed by atoms with Gasteiger partial charge in [-0.15, -0.1) is 0 Å². The van der Waals surface area contributed by atoms with Gasteiger partial charge in [0.25, 0.3) is 5.69 Å². The van der Waals surface area contributed by atoms with Crippen LogP contribution in [0.4, 0.5) is 5.69 Å². The summed E-state index contributed by atoms with van der Waals surface area (Å²) in [5.41, 5.74) is 5.19. The zero-order chi connectivity index (χ0) is 16.3. The summed E-state index contributed by atoms with van der Waals surface area (Å²) in [6.07, 6.45) is 0. The van der Waals surface area contributed by atoms with Gasteiger partial charge in [-0.05, 0) is 24.3 Å². The van der Waals surface area contributed by atoms with Gasteiger partial charge in [0.15, 0.2) is 0 Å². The van der Waals surface area contributed by atoms with Crippen molar-refractivity contribution in [2.45, 2.75) is 6.61 Å². The Morgan fingerprint density at radius 3 is 2.64 bits per heavy atom. The van der Waals surface area contributed by atoms with E-state index >= 15 is 0 Å². The van der Waals surface area contributed by atoms with Crippen molar-refractivity contribution in [3.05, 3.63) is 67.7 Å². The molecule has 2 rings (SSSR count). The molecule has 0 spiro atoms. The van der Waals surface area contributed by atoms with Crippen molar-refractivity contribution in [3.63, 3.8) is 0 Å². The Labute approximate surface area is 135 Å². The molecule has 0 radical (unpaired) electrons. The molecule has 0 aromatic heterocycles. The van der Waals surface area contributed by atoms with Crippen LogP contribution < -0.4 is 10.5 Å². The average molecular weight is 341 g/mol. The van der Waals surface area contributed by atoms with Crippen LogP contribution in [-0.2, 0) is 6.61 Å². The molecule has 0 aliphatic carbocycles. The van der Waals surface area contributed by atoms with Crippen LogP contribution in [0.2, 0.25) is 10.0 Å². The van der Waals surface area contributed by atoms with Gasteiger partial charge in [-0.1, -0.05) is 29.3 Å². The third kappa shape index (κ3) is 3.47. The molecule has 6 nitrogen and oxygen atoms in total. The number of primary amides is 1. The lowest BCUT2D eigenvalue weighted by Crippen LogP contribution is -2.12. The van der Waals surface area contributed by atoms with E-state index in [1.165, 1.54) is 12.1 Å². The molecule has 2 N–H and O–H groups in total. The summed E-state index contributed by atoms with van der Waals surface area (Å²) >= 11 is 11.8. The maximum atomic E-state index is 11.1. The number of nitrogens with zero attached hydrogens (tertiary/aromatic N) is 1. The number of rotatable bonds is 5. The van der Waals surface area contributed by atoms with Crippen molar-refractivity contribution in [3.8, 4) is 5.75 Å². The minimum atomic E-state index is -0.742. The number of halogens is 2. The highest BCUT2D eigenvalue weighted by Crippen LogP contribution is 2.32. The lowest BCUT2D eigenvalue weighted by molar-refractivity contribution is -0.385. The number of nitrogens with two attached hydrogens (primary N) is 1. The number of hydrogen-bond donors (Lipinski definition) is 1.